The summed E-state index contributed by atoms with van der Waals surface area (Å²) in [5, 5.41) is 16.6. The molecule has 0 fully saturated rings. The minimum absolute atomic E-state index is 0.0949. The molecule has 2 atom stereocenters. The Morgan fingerprint density at radius 1 is 1.07 bits per heavy atom. The molecule has 0 bridgehead atoms. The van der Waals surface area contributed by atoms with Gasteiger partial charge in [0, 0.05) is 35.9 Å². The molecular formula is C29H30FN3O8S2. The number of amidine groups is 1. The van der Waals surface area contributed by atoms with Gasteiger partial charge in [-0.3, -0.25) is 4.31 Å². The van der Waals surface area contributed by atoms with Gasteiger partial charge in [-0.2, -0.15) is 0 Å². The summed E-state index contributed by atoms with van der Waals surface area (Å²) in [7, 11) is -5.75. The SMILES string of the molecule is CN/C(=N\O)c1c(-c2ccc(Oc3ccc(F)cc3)cc2)oc2cc3c(cc12)[C@H](C)O[C@H](CS(C)(=O)=O)CN3S(C)(=O)=O. The van der Waals surface area contributed by atoms with Crippen LogP contribution in [-0.2, 0) is 24.6 Å². The topological polar surface area (TPSA) is 148 Å². The van der Waals surface area contributed by atoms with Gasteiger partial charge in [0.25, 0.3) is 0 Å². The van der Waals surface area contributed by atoms with Gasteiger partial charge < -0.3 is 24.4 Å². The van der Waals surface area contributed by atoms with E-state index in [0.29, 0.717) is 50.6 Å². The van der Waals surface area contributed by atoms with Crippen molar-refractivity contribution in [3.63, 3.8) is 0 Å². The molecule has 0 saturated carbocycles. The second kappa shape index (κ2) is 11.5. The van der Waals surface area contributed by atoms with Crippen LogP contribution < -0.4 is 14.4 Å². The largest absolute Gasteiger partial charge is 0.457 e. The highest BCUT2D eigenvalue weighted by molar-refractivity contribution is 7.92. The van der Waals surface area contributed by atoms with Crippen molar-refractivity contribution in [3.8, 4) is 22.8 Å². The standard InChI is InChI=1S/C29H30FN3O8S2/c1-17-23-13-24-26(14-25(23)33(43(4,37)38)15-22(39-17)16-42(3,35)36)41-28(27(24)29(31-2)32-34)18-5-9-20(10-6-18)40-21-11-7-19(30)8-12-21/h5-14,17,22,34H,15-16H2,1-4H3,(H,31,32)/t17-,22-/m0/s1. The summed E-state index contributed by atoms with van der Waals surface area (Å²) in [6.45, 7) is 1.51. The van der Waals surface area contributed by atoms with Gasteiger partial charge in [-0.1, -0.05) is 5.16 Å². The molecule has 3 aromatic carbocycles. The van der Waals surface area contributed by atoms with Crippen molar-refractivity contribution in [1.29, 1.82) is 0 Å². The van der Waals surface area contributed by atoms with E-state index in [2.05, 4.69) is 10.5 Å². The number of anilines is 1. The highest BCUT2D eigenvalue weighted by Crippen LogP contribution is 2.42. The fourth-order valence-electron chi connectivity index (χ4n) is 5.10. The van der Waals surface area contributed by atoms with Crippen LogP contribution in [0.4, 0.5) is 10.1 Å². The smallest absolute Gasteiger partial charge is 0.232 e. The summed E-state index contributed by atoms with van der Waals surface area (Å²) >= 11 is 0. The number of hydrogen-bond acceptors (Lipinski definition) is 9. The molecule has 0 spiro atoms. The monoisotopic (exact) mass is 631 g/mol. The molecule has 4 aromatic rings. The van der Waals surface area contributed by atoms with Crippen LogP contribution in [0, 0.1) is 5.82 Å². The van der Waals surface area contributed by atoms with E-state index in [1.807, 2.05) is 0 Å². The van der Waals surface area contributed by atoms with Crippen LogP contribution in [0.2, 0.25) is 0 Å². The van der Waals surface area contributed by atoms with Crippen LogP contribution in [0.25, 0.3) is 22.3 Å². The maximum atomic E-state index is 13.3. The minimum Gasteiger partial charge on any atom is -0.457 e. The van der Waals surface area contributed by atoms with E-state index in [4.69, 9.17) is 13.9 Å². The summed E-state index contributed by atoms with van der Waals surface area (Å²) in [5.74, 6) is 0.638. The summed E-state index contributed by atoms with van der Waals surface area (Å²) in [5.41, 5.74) is 2.08. The lowest BCUT2D eigenvalue weighted by Gasteiger charge is -2.24. The molecule has 2 heterocycles. The molecule has 0 radical (unpaired) electrons. The number of oxime groups is 1. The lowest BCUT2D eigenvalue weighted by atomic mass is 10.00. The molecule has 43 heavy (non-hydrogen) atoms. The summed E-state index contributed by atoms with van der Waals surface area (Å²) < 4.78 is 82.5. The number of fused-ring (bicyclic) bond motifs is 2. The third-order valence-corrected chi connectivity index (χ3v) is 9.06. The van der Waals surface area contributed by atoms with Gasteiger partial charge in [0.05, 0.1) is 42.0 Å². The number of nitrogens with zero attached hydrogens (tertiary/aromatic N) is 2. The lowest BCUT2D eigenvalue weighted by Crippen LogP contribution is -2.39. The predicted octanol–water partition coefficient (Wildman–Crippen LogP) is 4.66. The zero-order valence-electron chi connectivity index (χ0n) is 23.7. The Hall–Kier alpha value is -4.14. The van der Waals surface area contributed by atoms with Gasteiger partial charge in [-0.15, -0.1) is 0 Å². The van der Waals surface area contributed by atoms with E-state index >= 15 is 0 Å². The Labute approximate surface area is 248 Å². The summed E-state index contributed by atoms with van der Waals surface area (Å²) in [4.78, 5) is 0. The van der Waals surface area contributed by atoms with E-state index in [1.54, 1.807) is 50.4 Å². The van der Waals surface area contributed by atoms with Gasteiger partial charge in [0.1, 0.15) is 38.5 Å². The summed E-state index contributed by atoms with van der Waals surface area (Å²) in [6, 6.07) is 15.7. The highest BCUT2D eigenvalue weighted by Gasteiger charge is 2.35. The maximum absolute atomic E-state index is 13.3. The number of hydrogen-bond donors (Lipinski definition) is 2. The maximum Gasteiger partial charge on any atom is 0.232 e. The molecular weight excluding hydrogens is 601 g/mol. The Balaban J connectivity index is 1.63. The minimum atomic E-state index is -3.85. The Bertz CT molecular complexity index is 1910. The normalized spacial score (nSPS) is 17.9. The van der Waals surface area contributed by atoms with Crippen molar-refractivity contribution in [2.45, 2.75) is 19.1 Å². The zero-order chi connectivity index (χ0) is 31.1. The first-order valence-electron chi connectivity index (χ1n) is 13.1. The first-order valence-corrected chi connectivity index (χ1v) is 17.0. The van der Waals surface area contributed by atoms with Gasteiger partial charge in [0.15, 0.2) is 5.84 Å². The fourth-order valence-corrected chi connectivity index (χ4v) is 6.91. The molecule has 0 amide bonds. The van der Waals surface area contributed by atoms with Gasteiger partial charge in [0.2, 0.25) is 10.0 Å². The zero-order valence-corrected chi connectivity index (χ0v) is 25.4. The third-order valence-electron chi connectivity index (χ3n) is 6.94. The van der Waals surface area contributed by atoms with E-state index in [0.717, 1.165) is 16.8 Å². The molecule has 2 N–H and O–H groups in total. The molecule has 11 nitrogen and oxygen atoms in total. The number of furan rings is 1. The lowest BCUT2D eigenvalue weighted by molar-refractivity contribution is 0.0193. The summed E-state index contributed by atoms with van der Waals surface area (Å²) in [6.07, 6.45) is 0.521. The Kier molecular flexibility index (Phi) is 8.11. The number of sulfone groups is 1. The molecule has 1 aromatic heterocycles. The Morgan fingerprint density at radius 2 is 1.70 bits per heavy atom. The second-order valence-electron chi connectivity index (χ2n) is 10.3. The average molecular weight is 632 g/mol. The molecule has 14 heteroatoms. The second-order valence-corrected chi connectivity index (χ2v) is 14.4. The van der Waals surface area contributed by atoms with Crippen molar-refractivity contribution in [3.05, 3.63) is 77.6 Å². The van der Waals surface area contributed by atoms with Crippen LogP contribution in [0.1, 0.15) is 24.2 Å². The van der Waals surface area contributed by atoms with Crippen LogP contribution in [0.3, 0.4) is 0 Å². The van der Waals surface area contributed by atoms with E-state index in [1.165, 1.54) is 24.3 Å². The first-order chi connectivity index (χ1) is 20.3. The number of benzene rings is 3. The molecule has 1 aliphatic heterocycles. The van der Waals surface area contributed by atoms with Gasteiger partial charge >= 0.3 is 0 Å². The number of sulfonamides is 1. The van der Waals surface area contributed by atoms with Crippen molar-refractivity contribution >= 4 is 42.4 Å². The Morgan fingerprint density at radius 3 is 2.26 bits per heavy atom. The predicted molar refractivity (Wildman–Crippen MR) is 161 cm³/mol. The molecule has 0 saturated heterocycles. The van der Waals surface area contributed by atoms with Crippen LogP contribution >= 0.6 is 0 Å². The van der Waals surface area contributed by atoms with Crippen molar-refractivity contribution in [2.75, 3.05) is 36.2 Å². The number of halogens is 1. The van der Waals surface area contributed by atoms with Crippen molar-refractivity contribution < 1.29 is 40.3 Å². The van der Waals surface area contributed by atoms with Gasteiger partial charge in [-0.05, 0) is 61.5 Å². The molecule has 5 rings (SSSR count). The third kappa shape index (κ3) is 6.45. The molecule has 0 aliphatic carbocycles. The van der Waals surface area contributed by atoms with E-state index in [9.17, 15) is 26.4 Å². The van der Waals surface area contributed by atoms with Crippen molar-refractivity contribution in [1.82, 2.24) is 5.32 Å². The van der Waals surface area contributed by atoms with E-state index < -0.39 is 32.1 Å². The highest BCUT2D eigenvalue weighted by atomic mass is 32.2. The number of ether oxygens (including phenoxy) is 2. The molecule has 1 aliphatic rings. The van der Waals surface area contributed by atoms with Gasteiger partial charge in [-0.25, -0.2) is 21.2 Å². The number of nitrogens with one attached hydrogen (secondary N) is 1. The van der Waals surface area contributed by atoms with Crippen LogP contribution in [0.5, 0.6) is 11.5 Å². The first kappa shape index (κ1) is 30.3. The van der Waals surface area contributed by atoms with Crippen LogP contribution in [0.15, 0.2) is 70.2 Å². The average Bonchev–Trinajstić information content (AvgIpc) is 3.23. The quantitative estimate of drug-likeness (QED) is 0.129. The van der Waals surface area contributed by atoms with Crippen LogP contribution in [-0.4, -0.2) is 65.8 Å². The van der Waals surface area contributed by atoms with Crippen molar-refractivity contribution in [2.24, 2.45) is 5.16 Å². The molecule has 0 unspecified atom stereocenters. The molecule has 228 valence electrons. The van der Waals surface area contributed by atoms with E-state index in [-0.39, 0.29) is 24.0 Å². The number of rotatable bonds is 7. The fraction of sp³-hybridized carbons (Fsp3) is 0.276.